The van der Waals surface area contributed by atoms with Gasteiger partial charge in [0.15, 0.2) is 0 Å². The fourth-order valence-electron chi connectivity index (χ4n) is 5.15. The third-order valence-corrected chi connectivity index (χ3v) is 7.48. The van der Waals surface area contributed by atoms with Gasteiger partial charge in [-0.25, -0.2) is 0 Å². The van der Waals surface area contributed by atoms with Gasteiger partial charge in [0.25, 0.3) is 5.91 Å². The molecule has 36 heavy (non-hydrogen) atoms. The van der Waals surface area contributed by atoms with E-state index in [4.69, 9.17) is 16.9 Å². The van der Waals surface area contributed by atoms with Crippen molar-refractivity contribution in [2.75, 3.05) is 62.2 Å². The van der Waals surface area contributed by atoms with Gasteiger partial charge in [0.1, 0.15) is 5.69 Å². The van der Waals surface area contributed by atoms with Gasteiger partial charge in [0.2, 0.25) is 0 Å². The van der Waals surface area contributed by atoms with Crippen LogP contribution in [0.15, 0.2) is 60.8 Å². The smallest absolute Gasteiger partial charge is 0.270 e. The van der Waals surface area contributed by atoms with Crippen LogP contribution < -0.4 is 9.80 Å². The molecule has 0 bridgehead atoms. The highest BCUT2D eigenvalue weighted by atomic mass is 35.5. The number of para-hydroxylation sites is 1. The Balaban J connectivity index is 1.16. The molecule has 5 rings (SSSR count). The van der Waals surface area contributed by atoms with Crippen molar-refractivity contribution in [1.82, 2.24) is 14.4 Å². The van der Waals surface area contributed by atoms with Crippen molar-refractivity contribution in [3.8, 4) is 6.07 Å². The number of nitriles is 1. The molecular formula is C28H31ClN6O. The summed E-state index contributed by atoms with van der Waals surface area (Å²) in [7, 11) is 1.95. The zero-order valence-corrected chi connectivity index (χ0v) is 21.4. The maximum absolute atomic E-state index is 13.3. The van der Waals surface area contributed by atoms with Crippen molar-refractivity contribution in [2.45, 2.75) is 6.54 Å². The van der Waals surface area contributed by atoms with Gasteiger partial charge >= 0.3 is 0 Å². The first-order valence-corrected chi connectivity index (χ1v) is 12.8. The Kier molecular flexibility index (Phi) is 7.17. The lowest BCUT2D eigenvalue weighted by Gasteiger charge is -2.36. The van der Waals surface area contributed by atoms with Crippen LogP contribution in [0.5, 0.6) is 0 Å². The van der Waals surface area contributed by atoms with Crippen LogP contribution >= 0.6 is 11.6 Å². The molecule has 1 amide bonds. The molecule has 2 saturated heterocycles. The van der Waals surface area contributed by atoms with Crippen molar-refractivity contribution in [3.63, 3.8) is 0 Å². The van der Waals surface area contributed by atoms with Crippen LogP contribution in [0.3, 0.4) is 0 Å². The van der Waals surface area contributed by atoms with Crippen LogP contribution in [0.25, 0.3) is 0 Å². The number of carbonyl (C=O) groups excluding carboxylic acids is 1. The van der Waals surface area contributed by atoms with Gasteiger partial charge < -0.3 is 19.3 Å². The second-order valence-electron chi connectivity index (χ2n) is 9.50. The Hall–Kier alpha value is -3.47. The Bertz CT molecular complexity index is 1270. The van der Waals surface area contributed by atoms with E-state index in [9.17, 15) is 4.79 Å². The number of piperazine rings is 2. The number of aromatic nitrogens is 1. The van der Waals surface area contributed by atoms with Crippen LogP contribution in [-0.4, -0.2) is 72.6 Å². The minimum Gasteiger partial charge on any atom is -0.368 e. The average molecular weight is 503 g/mol. The number of hydrogen-bond acceptors (Lipinski definition) is 5. The highest BCUT2D eigenvalue weighted by molar-refractivity contribution is 6.33. The second-order valence-corrected chi connectivity index (χ2v) is 9.91. The normalized spacial score (nSPS) is 16.8. The van der Waals surface area contributed by atoms with Crippen molar-refractivity contribution >= 4 is 28.9 Å². The van der Waals surface area contributed by atoms with Gasteiger partial charge in [-0.1, -0.05) is 29.8 Å². The third-order valence-electron chi connectivity index (χ3n) is 7.16. The minimum atomic E-state index is 0.0812. The van der Waals surface area contributed by atoms with Gasteiger partial charge in [-0.15, -0.1) is 0 Å². The maximum Gasteiger partial charge on any atom is 0.270 e. The summed E-state index contributed by atoms with van der Waals surface area (Å²) in [6.07, 6.45) is 2.08. The number of aryl methyl sites for hydroxylation is 1. The number of anilines is 2. The molecule has 0 spiro atoms. The highest BCUT2D eigenvalue weighted by Crippen LogP contribution is 2.26. The molecule has 1 aromatic heterocycles. The average Bonchev–Trinajstić information content (AvgIpc) is 3.29. The largest absolute Gasteiger partial charge is 0.368 e. The molecule has 7 nitrogen and oxygen atoms in total. The predicted octanol–water partition coefficient (Wildman–Crippen LogP) is 3.83. The van der Waals surface area contributed by atoms with E-state index < -0.39 is 0 Å². The monoisotopic (exact) mass is 502 g/mol. The first-order chi connectivity index (χ1) is 17.5. The van der Waals surface area contributed by atoms with E-state index in [1.165, 1.54) is 5.56 Å². The minimum absolute atomic E-state index is 0.0812. The topological polar surface area (TPSA) is 58.8 Å². The van der Waals surface area contributed by atoms with Gasteiger partial charge in [-0.3, -0.25) is 9.69 Å². The Labute approximate surface area is 217 Å². The third kappa shape index (κ3) is 5.20. The van der Waals surface area contributed by atoms with E-state index in [1.807, 2.05) is 65.0 Å². The Morgan fingerprint density at radius 1 is 0.917 bits per heavy atom. The lowest BCUT2D eigenvalue weighted by atomic mass is 10.2. The van der Waals surface area contributed by atoms with E-state index in [2.05, 4.69) is 33.0 Å². The number of benzene rings is 2. The van der Waals surface area contributed by atoms with E-state index >= 15 is 0 Å². The lowest BCUT2D eigenvalue weighted by Crippen LogP contribution is -2.49. The Morgan fingerprint density at radius 2 is 1.64 bits per heavy atom. The molecule has 2 aliphatic rings. The molecule has 3 heterocycles. The summed E-state index contributed by atoms with van der Waals surface area (Å²) < 4.78 is 1.96. The first kappa shape index (κ1) is 24.2. The summed E-state index contributed by atoms with van der Waals surface area (Å²) in [5.74, 6) is 0.0812. The highest BCUT2D eigenvalue weighted by Gasteiger charge is 2.25. The summed E-state index contributed by atoms with van der Waals surface area (Å²) in [4.78, 5) is 22.3. The molecule has 2 aromatic carbocycles. The maximum atomic E-state index is 13.3. The summed E-state index contributed by atoms with van der Waals surface area (Å²) in [5.41, 5.74) is 4.70. The van der Waals surface area contributed by atoms with Crippen LogP contribution in [0.2, 0.25) is 5.02 Å². The first-order valence-electron chi connectivity index (χ1n) is 12.4. The molecular weight excluding hydrogens is 472 g/mol. The molecule has 0 saturated carbocycles. The molecule has 0 radical (unpaired) electrons. The van der Waals surface area contributed by atoms with Crippen molar-refractivity contribution in [1.29, 1.82) is 5.26 Å². The Morgan fingerprint density at radius 3 is 2.36 bits per heavy atom. The van der Waals surface area contributed by atoms with Gasteiger partial charge in [0.05, 0.1) is 22.3 Å². The van der Waals surface area contributed by atoms with E-state index in [0.29, 0.717) is 18.7 Å². The molecule has 0 N–H and O–H groups in total. The van der Waals surface area contributed by atoms with Gasteiger partial charge in [0, 0.05) is 77.8 Å². The van der Waals surface area contributed by atoms with Crippen molar-refractivity contribution in [2.24, 2.45) is 7.05 Å². The van der Waals surface area contributed by atoms with E-state index in [1.54, 1.807) is 0 Å². The SMILES string of the molecule is Cn1cc(CN2CCN(c3ccccc3Cl)CC2)cc1C(=O)N1CCN(c2cccc(C#N)c2)CC1. The number of halogens is 1. The van der Waals surface area contributed by atoms with Crippen molar-refractivity contribution < 1.29 is 4.79 Å². The molecule has 0 atom stereocenters. The summed E-state index contributed by atoms with van der Waals surface area (Å²) in [6.45, 7) is 7.46. The van der Waals surface area contributed by atoms with Crippen LogP contribution in [0, 0.1) is 11.3 Å². The zero-order chi connectivity index (χ0) is 25.1. The van der Waals surface area contributed by atoms with Crippen LogP contribution in [0.1, 0.15) is 21.6 Å². The number of rotatable bonds is 5. The molecule has 2 aliphatic heterocycles. The molecule has 186 valence electrons. The number of carbonyl (C=O) groups is 1. The summed E-state index contributed by atoms with van der Waals surface area (Å²) >= 11 is 6.38. The molecule has 2 fully saturated rings. The lowest BCUT2D eigenvalue weighted by molar-refractivity contribution is 0.0737. The van der Waals surface area contributed by atoms with Gasteiger partial charge in [-0.2, -0.15) is 5.26 Å². The fraction of sp³-hybridized carbons (Fsp3) is 0.357. The van der Waals surface area contributed by atoms with E-state index in [-0.39, 0.29) is 5.91 Å². The zero-order valence-electron chi connectivity index (χ0n) is 20.6. The molecule has 0 unspecified atom stereocenters. The van der Waals surface area contributed by atoms with Gasteiger partial charge in [-0.05, 0) is 42.0 Å². The van der Waals surface area contributed by atoms with Crippen LogP contribution in [0.4, 0.5) is 11.4 Å². The molecule has 0 aliphatic carbocycles. The summed E-state index contributed by atoms with van der Waals surface area (Å²) in [5, 5.41) is 9.97. The van der Waals surface area contributed by atoms with Crippen LogP contribution in [-0.2, 0) is 13.6 Å². The molecule has 8 heteroatoms. The number of nitrogens with zero attached hydrogens (tertiary/aromatic N) is 6. The number of hydrogen-bond donors (Lipinski definition) is 0. The summed E-state index contributed by atoms with van der Waals surface area (Å²) in [6, 6.07) is 19.9. The molecule has 3 aromatic rings. The van der Waals surface area contributed by atoms with Crippen molar-refractivity contribution in [3.05, 3.63) is 82.6 Å². The quantitative estimate of drug-likeness (QED) is 0.530. The standard InChI is InChI=1S/C28H31ClN6O/c1-31-20-23(21-32-9-11-34(12-10-32)26-8-3-2-7-25(26)29)18-27(31)28(36)35-15-13-33(14-16-35)24-6-4-5-22(17-24)19-30/h2-8,17-18,20H,9-16,21H2,1H3. The second kappa shape index (κ2) is 10.7. The fourth-order valence-corrected chi connectivity index (χ4v) is 5.40. The number of amides is 1. The van der Waals surface area contributed by atoms with E-state index in [0.717, 1.165) is 67.9 Å². The predicted molar refractivity (Wildman–Crippen MR) is 144 cm³/mol.